The Bertz CT molecular complexity index is 4440. The van der Waals surface area contributed by atoms with Crippen LogP contribution in [0.5, 0.6) is 0 Å². The van der Waals surface area contributed by atoms with Crippen molar-refractivity contribution in [2.24, 2.45) is 0 Å². The van der Waals surface area contributed by atoms with Gasteiger partial charge in [0.25, 0.3) is 0 Å². The molecule has 0 N–H and O–H groups in total. The minimum Gasteiger partial charge on any atom is -0.456 e. The lowest BCUT2D eigenvalue weighted by molar-refractivity contribution is 0.332. The molecular weight excluding hydrogens is 1060 g/mol. The Hall–Kier alpha value is -7.80. The molecule has 2 aromatic heterocycles. The Morgan fingerprint density at radius 2 is 1.00 bits per heavy atom. The molecule has 432 valence electrons. The Balaban J connectivity index is 1.16. The molecule has 4 nitrogen and oxygen atoms in total. The first-order valence-corrected chi connectivity index (χ1v) is 32.1. The molecule has 0 amide bonds. The summed E-state index contributed by atoms with van der Waals surface area (Å²) in [4.78, 5) is 7.93. The van der Waals surface area contributed by atoms with Crippen LogP contribution in [0.4, 0.5) is 45.5 Å². The standard InChI is InChI=1S/C80H82BN3OS/c1-75(2,3)50-26-33-54(34-27-50)82(55-35-28-51(29-36-55)76(4,5)6)57-45-61-58-39-41-67-70(62-47-63-64(48-68(62)85-67)80(15,16)43-42-79(63,13)14)72(58)84(56-37-30-52(31-38-56)77(7,8)9)81-71(61)66(46-57)83(73-59-24-20-21-25-69(59)86-74(73)81)65-40-32-53(78(10,11)12)44-60(65)49-22-18-17-19-23-49/h17-41,44-48H,42-43H2,1-16H3. The monoisotopic (exact) mass is 1140 g/mol. The van der Waals surface area contributed by atoms with Crippen LogP contribution in [0.2, 0.25) is 0 Å². The smallest absolute Gasteiger partial charge is 0.343 e. The molecule has 86 heavy (non-hydrogen) atoms. The Morgan fingerprint density at radius 3 is 1.59 bits per heavy atom. The molecule has 0 bridgehead atoms. The number of hydrogen-bond acceptors (Lipinski definition) is 5. The molecule has 0 unspecified atom stereocenters. The molecule has 11 aromatic rings. The van der Waals surface area contributed by atoms with Crippen molar-refractivity contribution in [3.63, 3.8) is 0 Å². The Morgan fingerprint density at radius 1 is 0.453 bits per heavy atom. The first-order valence-electron chi connectivity index (χ1n) is 31.3. The van der Waals surface area contributed by atoms with Crippen molar-refractivity contribution in [1.29, 1.82) is 0 Å². The van der Waals surface area contributed by atoms with Crippen LogP contribution in [0.1, 0.15) is 157 Å². The molecule has 6 heteroatoms. The van der Waals surface area contributed by atoms with Crippen molar-refractivity contribution >= 4 is 106 Å². The number of hydrogen-bond donors (Lipinski definition) is 0. The molecule has 3 aliphatic rings. The quantitative estimate of drug-likeness (QED) is 0.155. The molecule has 0 atom stereocenters. The highest BCUT2D eigenvalue weighted by Gasteiger charge is 2.49. The van der Waals surface area contributed by atoms with Gasteiger partial charge in [-0.3, -0.25) is 0 Å². The maximum atomic E-state index is 7.27. The summed E-state index contributed by atoms with van der Waals surface area (Å²) in [5.74, 6) is 0. The SMILES string of the molecule is CC(C)(C)c1ccc(N2B3c4sc5ccccc5c4N(c4ccc(C(C)(C)C)cc4-c4ccccc4)c4cc(N(c5ccc(C(C)(C)C)cc5)c5ccc(C(C)(C)C)cc5)cc(c43)-c3ccc4oc5cc6c(cc5c4c32)C(C)(C)CCC6(C)C)cc1. The van der Waals surface area contributed by atoms with Gasteiger partial charge in [0.2, 0.25) is 0 Å². The number of anilines is 8. The third-order valence-electron chi connectivity index (χ3n) is 19.5. The van der Waals surface area contributed by atoms with Crippen molar-refractivity contribution in [3.8, 4) is 22.3 Å². The second-order valence-corrected chi connectivity index (χ2v) is 31.6. The lowest BCUT2D eigenvalue weighted by atomic mass is 9.46. The van der Waals surface area contributed by atoms with E-state index in [4.69, 9.17) is 4.42 Å². The third-order valence-corrected chi connectivity index (χ3v) is 20.7. The number of furan rings is 1. The predicted molar refractivity (Wildman–Crippen MR) is 373 cm³/mol. The second-order valence-electron chi connectivity index (χ2n) is 30.5. The van der Waals surface area contributed by atoms with E-state index in [1.807, 2.05) is 11.3 Å². The number of fused-ring (bicyclic) bond motifs is 11. The molecule has 9 aromatic carbocycles. The van der Waals surface area contributed by atoms with E-state index in [2.05, 4.69) is 307 Å². The van der Waals surface area contributed by atoms with Crippen LogP contribution >= 0.6 is 11.3 Å². The average molecular weight is 1140 g/mol. The van der Waals surface area contributed by atoms with Gasteiger partial charge in [0.05, 0.1) is 16.8 Å². The van der Waals surface area contributed by atoms with E-state index >= 15 is 0 Å². The molecule has 14 rings (SSSR count). The molecule has 0 saturated carbocycles. The summed E-state index contributed by atoms with van der Waals surface area (Å²) in [6.45, 7) is 37.3. The minimum atomic E-state index is -0.228. The van der Waals surface area contributed by atoms with E-state index in [0.29, 0.717) is 0 Å². The van der Waals surface area contributed by atoms with Gasteiger partial charge in [-0.2, -0.15) is 0 Å². The normalized spacial score (nSPS) is 15.5. The molecular formula is C80H82BN3OS. The van der Waals surface area contributed by atoms with Gasteiger partial charge in [0.1, 0.15) is 11.2 Å². The highest BCUT2D eigenvalue weighted by molar-refractivity contribution is 7.32. The van der Waals surface area contributed by atoms with Crippen LogP contribution in [0.25, 0.3) is 54.3 Å². The number of nitrogens with zero attached hydrogens (tertiary/aromatic N) is 3. The van der Waals surface area contributed by atoms with Crippen LogP contribution in [0, 0.1) is 0 Å². The maximum absolute atomic E-state index is 7.27. The molecule has 2 aliphatic heterocycles. The highest BCUT2D eigenvalue weighted by Crippen LogP contribution is 2.57. The van der Waals surface area contributed by atoms with Crippen LogP contribution in [0.3, 0.4) is 0 Å². The van der Waals surface area contributed by atoms with Crippen LogP contribution in [0.15, 0.2) is 186 Å². The zero-order valence-corrected chi connectivity index (χ0v) is 54.3. The minimum absolute atomic E-state index is 0.00151. The van der Waals surface area contributed by atoms with E-state index in [0.717, 1.165) is 52.4 Å². The van der Waals surface area contributed by atoms with E-state index in [-0.39, 0.29) is 39.3 Å². The van der Waals surface area contributed by atoms with Crippen molar-refractivity contribution in [1.82, 2.24) is 0 Å². The topological polar surface area (TPSA) is 22.9 Å². The van der Waals surface area contributed by atoms with Gasteiger partial charge in [-0.25, -0.2) is 0 Å². The lowest BCUT2D eigenvalue weighted by Gasteiger charge is -2.46. The first-order chi connectivity index (χ1) is 40.7. The van der Waals surface area contributed by atoms with Crippen molar-refractivity contribution in [2.75, 3.05) is 14.6 Å². The summed E-state index contributed by atoms with van der Waals surface area (Å²) >= 11 is 1.95. The summed E-state index contributed by atoms with van der Waals surface area (Å²) in [6, 6.07) is 70.5. The van der Waals surface area contributed by atoms with E-state index in [1.165, 1.54) is 104 Å². The van der Waals surface area contributed by atoms with Crippen molar-refractivity contribution in [2.45, 2.75) is 156 Å². The fraction of sp³-hybridized carbons (Fsp3) is 0.300. The van der Waals surface area contributed by atoms with E-state index in [1.54, 1.807) is 0 Å². The highest BCUT2D eigenvalue weighted by atomic mass is 32.1. The number of rotatable bonds is 6. The zero-order valence-electron chi connectivity index (χ0n) is 53.5. The summed E-state index contributed by atoms with van der Waals surface area (Å²) in [5, 5.41) is 3.59. The Kier molecular flexibility index (Phi) is 12.6. The van der Waals surface area contributed by atoms with Gasteiger partial charge in [0, 0.05) is 65.5 Å². The average Bonchev–Trinajstić information content (AvgIpc) is 1.27. The van der Waals surface area contributed by atoms with Crippen molar-refractivity contribution < 1.29 is 4.42 Å². The molecule has 0 saturated heterocycles. The molecule has 1 aliphatic carbocycles. The summed E-state index contributed by atoms with van der Waals surface area (Å²) < 4.78 is 9.85. The van der Waals surface area contributed by atoms with Crippen LogP contribution < -0.4 is 24.9 Å². The number of thiophene rings is 1. The van der Waals surface area contributed by atoms with Gasteiger partial charge in [-0.05, 0) is 186 Å². The van der Waals surface area contributed by atoms with Gasteiger partial charge >= 0.3 is 6.85 Å². The second kappa shape index (κ2) is 19.4. The predicted octanol–water partition coefficient (Wildman–Crippen LogP) is 22.2. The van der Waals surface area contributed by atoms with E-state index < -0.39 is 0 Å². The van der Waals surface area contributed by atoms with Crippen LogP contribution in [-0.2, 0) is 32.5 Å². The van der Waals surface area contributed by atoms with Crippen molar-refractivity contribution in [3.05, 3.63) is 215 Å². The molecule has 4 heterocycles. The zero-order chi connectivity index (χ0) is 60.4. The fourth-order valence-electron chi connectivity index (χ4n) is 14.3. The van der Waals surface area contributed by atoms with Gasteiger partial charge in [-0.1, -0.05) is 202 Å². The van der Waals surface area contributed by atoms with E-state index in [9.17, 15) is 0 Å². The molecule has 0 spiro atoms. The summed E-state index contributed by atoms with van der Waals surface area (Å²) in [6.07, 6.45) is 2.26. The van der Waals surface area contributed by atoms with Gasteiger partial charge < -0.3 is 19.0 Å². The molecule has 0 fully saturated rings. The van der Waals surface area contributed by atoms with Gasteiger partial charge in [0.15, 0.2) is 0 Å². The first kappa shape index (κ1) is 56.0. The summed E-state index contributed by atoms with van der Waals surface area (Å²) in [5.41, 5.74) is 25.1. The lowest BCUT2D eigenvalue weighted by Crippen LogP contribution is -2.60. The largest absolute Gasteiger partial charge is 0.456 e. The number of benzene rings is 9. The third kappa shape index (κ3) is 9.05. The van der Waals surface area contributed by atoms with Gasteiger partial charge in [-0.15, -0.1) is 11.3 Å². The van der Waals surface area contributed by atoms with Crippen LogP contribution in [-0.4, -0.2) is 6.85 Å². The fourth-order valence-corrected chi connectivity index (χ4v) is 15.6. The summed E-state index contributed by atoms with van der Waals surface area (Å²) in [7, 11) is 0. The maximum Gasteiger partial charge on any atom is 0.343 e. The molecule has 0 radical (unpaired) electrons. The Labute approximate surface area is 515 Å².